The lowest BCUT2D eigenvalue weighted by Crippen LogP contribution is -2.52. The summed E-state index contributed by atoms with van der Waals surface area (Å²) >= 11 is 0. The summed E-state index contributed by atoms with van der Waals surface area (Å²) in [5, 5.41) is 3.51. The smallest absolute Gasteiger partial charge is 0.194 e. The first-order chi connectivity index (χ1) is 15.7. The molecule has 2 aliphatic heterocycles. The zero-order valence-corrected chi connectivity index (χ0v) is 20.3. The van der Waals surface area contributed by atoms with Crippen LogP contribution in [-0.4, -0.2) is 107 Å². The Kier molecular flexibility index (Phi) is 9.89. The van der Waals surface area contributed by atoms with E-state index in [1.807, 2.05) is 12.1 Å². The van der Waals surface area contributed by atoms with Crippen molar-refractivity contribution < 1.29 is 14.2 Å². The molecule has 1 N–H and O–H groups in total. The van der Waals surface area contributed by atoms with Crippen LogP contribution in [0.4, 0.5) is 0 Å². The van der Waals surface area contributed by atoms with Gasteiger partial charge in [0.25, 0.3) is 0 Å². The van der Waals surface area contributed by atoms with Gasteiger partial charge >= 0.3 is 0 Å². The number of ether oxygens (including phenoxy) is 3. The number of methoxy groups -OCH3 is 3. The molecule has 180 valence electrons. The van der Waals surface area contributed by atoms with Crippen molar-refractivity contribution in [2.24, 2.45) is 4.99 Å². The van der Waals surface area contributed by atoms with E-state index in [1.165, 1.54) is 18.4 Å². The number of nitrogens with zero attached hydrogens (tertiary/aromatic N) is 4. The SMILES string of the molecule is CCNC(=NCC1CCCN1CCOC)N1CCN(Cc2cc(OC)ccc2OC)CC1. The van der Waals surface area contributed by atoms with Crippen LogP contribution in [0.5, 0.6) is 11.5 Å². The normalized spacial score (nSPS) is 20.6. The second kappa shape index (κ2) is 12.9. The summed E-state index contributed by atoms with van der Waals surface area (Å²) in [6.07, 6.45) is 2.48. The Balaban J connectivity index is 1.55. The van der Waals surface area contributed by atoms with E-state index < -0.39 is 0 Å². The first-order valence-corrected chi connectivity index (χ1v) is 11.9. The Morgan fingerprint density at radius 1 is 1.09 bits per heavy atom. The van der Waals surface area contributed by atoms with E-state index in [0.717, 1.165) is 83.0 Å². The highest BCUT2D eigenvalue weighted by molar-refractivity contribution is 5.80. The van der Waals surface area contributed by atoms with Gasteiger partial charge in [-0.1, -0.05) is 0 Å². The minimum atomic E-state index is 0.528. The van der Waals surface area contributed by atoms with Crippen LogP contribution in [0.3, 0.4) is 0 Å². The first kappa shape index (κ1) is 24.6. The maximum absolute atomic E-state index is 5.56. The van der Waals surface area contributed by atoms with E-state index in [1.54, 1.807) is 21.3 Å². The van der Waals surface area contributed by atoms with Crippen LogP contribution in [0.15, 0.2) is 23.2 Å². The Morgan fingerprint density at radius 3 is 2.59 bits per heavy atom. The number of likely N-dealkylation sites (tertiary alicyclic amines) is 1. The highest BCUT2D eigenvalue weighted by Gasteiger charge is 2.25. The fourth-order valence-electron chi connectivity index (χ4n) is 4.59. The largest absolute Gasteiger partial charge is 0.497 e. The van der Waals surface area contributed by atoms with Gasteiger partial charge < -0.3 is 24.4 Å². The number of nitrogens with one attached hydrogen (secondary N) is 1. The number of guanidine groups is 1. The number of hydrogen-bond acceptors (Lipinski definition) is 6. The van der Waals surface area contributed by atoms with E-state index in [4.69, 9.17) is 19.2 Å². The Labute approximate surface area is 193 Å². The fraction of sp³-hybridized carbons (Fsp3) is 0.708. The minimum Gasteiger partial charge on any atom is -0.497 e. The molecule has 1 aromatic carbocycles. The summed E-state index contributed by atoms with van der Waals surface area (Å²) in [5.74, 6) is 2.83. The number of benzene rings is 1. The summed E-state index contributed by atoms with van der Waals surface area (Å²) in [6, 6.07) is 6.54. The molecule has 0 aliphatic carbocycles. The molecule has 1 atom stereocenters. The average molecular weight is 448 g/mol. The third-order valence-corrected chi connectivity index (χ3v) is 6.42. The van der Waals surface area contributed by atoms with Gasteiger partial charge in [-0.25, -0.2) is 0 Å². The maximum Gasteiger partial charge on any atom is 0.194 e. The minimum absolute atomic E-state index is 0.528. The van der Waals surface area contributed by atoms with E-state index in [-0.39, 0.29) is 0 Å². The van der Waals surface area contributed by atoms with Gasteiger partial charge in [0.15, 0.2) is 5.96 Å². The molecule has 2 fully saturated rings. The molecule has 0 aromatic heterocycles. The molecule has 1 unspecified atom stereocenters. The predicted octanol–water partition coefficient (Wildman–Crippen LogP) is 1.90. The lowest BCUT2D eigenvalue weighted by Gasteiger charge is -2.37. The monoisotopic (exact) mass is 447 g/mol. The van der Waals surface area contributed by atoms with Gasteiger partial charge in [0.1, 0.15) is 11.5 Å². The van der Waals surface area contributed by atoms with Crippen molar-refractivity contribution in [3.63, 3.8) is 0 Å². The molecule has 8 nitrogen and oxygen atoms in total. The quantitative estimate of drug-likeness (QED) is 0.434. The van der Waals surface area contributed by atoms with Gasteiger partial charge in [-0.3, -0.25) is 14.8 Å². The number of rotatable bonds is 10. The highest BCUT2D eigenvalue weighted by Crippen LogP contribution is 2.25. The second-order valence-electron chi connectivity index (χ2n) is 8.46. The molecule has 2 heterocycles. The molecule has 2 aliphatic rings. The summed E-state index contributed by atoms with van der Waals surface area (Å²) in [4.78, 5) is 12.4. The Morgan fingerprint density at radius 2 is 1.91 bits per heavy atom. The van der Waals surface area contributed by atoms with E-state index >= 15 is 0 Å². The van der Waals surface area contributed by atoms with Crippen molar-refractivity contribution in [2.45, 2.75) is 32.4 Å². The van der Waals surface area contributed by atoms with Crippen LogP contribution in [0.25, 0.3) is 0 Å². The molecule has 0 spiro atoms. The van der Waals surface area contributed by atoms with Crippen molar-refractivity contribution in [1.82, 2.24) is 20.0 Å². The Hall–Kier alpha value is -2.03. The molecule has 0 radical (unpaired) electrons. The molecular weight excluding hydrogens is 406 g/mol. The summed E-state index contributed by atoms with van der Waals surface area (Å²) in [6.45, 7) is 11.6. The maximum atomic E-state index is 5.56. The van der Waals surface area contributed by atoms with Gasteiger partial charge in [-0.05, 0) is 44.5 Å². The van der Waals surface area contributed by atoms with Crippen molar-refractivity contribution in [1.29, 1.82) is 0 Å². The standard InChI is InChI=1S/C24H41N5O3/c1-5-25-24(26-18-21-7-6-10-28(21)15-16-30-2)29-13-11-27(12-14-29)19-20-17-22(31-3)8-9-23(20)32-4/h8-9,17,21H,5-7,10-16,18-19H2,1-4H3,(H,25,26). The molecule has 2 saturated heterocycles. The predicted molar refractivity (Wildman–Crippen MR) is 129 cm³/mol. The molecule has 0 amide bonds. The summed E-state index contributed by atoms with van der Waals surface area (Å²) < 4.78 is 16.2. The zero-order valence-electron chi connectivity index (χ0n) is 20.3. The van der Waals surface area contributed by atoms with Gasteiger partial charge in [0.2, 0.25) is 0 Å². The van der Waals surface area contributed by atoms with Crippen molar-refractivity contribution >= 4 is 5.96 Å². The summed E-state index contributed by atoms with van der Waals surface area (Å²) in [5.41, 5.74) is 1.17. The van der Waals surface area contributed by atoms with E-state index in [0.29, 0.717) is 6.04 Å². The number of piperazine rings is 1. The molecule has 1 aromatic rings. The Bertz CT molecular complexity index is 722. The lowest BCUT2D eigenvalue weighted by atomic mass is 10.1. The van der Waals surface area contributed by atoms with E-state index in [2.05, 4.69) is 33.0 Å². The fourth-order valence-corrected chi connectivity index (χ4v) is 4.59. The van der Waals surface area contributed by atoms with Gasteiger partial charge in [-0.2, -0.15) is 0 Å². The van der Waals surface area contributed by atoms with Gasteiger partial charge in [0, 0.05) is 64.5 Å². The molecule has 32 heavy (non-hydrogen) atoms. The van der Waals surface area contributed by atoms with Crippen LogP contribution < -0.4 is 14.8 Å². The lowest BCUT2D eigenvalue weighted by molar-refractivity contribution is 0.142. The van der Waals surface area contributed by atoms with Gasteiger partial charge in [0.05, 0.1) is 27.4 Å². The van der Waals surface area contributed by atoms with Crippen LogP contribution in [0.1, 0.15) is 25.3 Å². The number of hydrogen-bond donors (Lipinski definition) is 1. The van der Waals surface area contributed by atoms with Gasteiger partial charge in [-0.15, -0.1) is 0 Å². The molecule has 0 bridgehead atoms. The first-order valence-electron chi connectivity index (χ1n) is 11.9. The van der Waals surface area contributed by atoms with E-state index in [9.17, 15) is 0 Å². The topological polar surface area (TPSA) is 61.8 Å². The van der Waals surface area contributed by atoms with Crippen molar-refractivity contribution in [3.05, 3.63) is 23.8 Å². The molecule has 0 saturated carbocycles. The molecule has 3 rings (SSSR count). The average Bonchev–Trinajstić information content (AvgIpc) is 3.28. The summed E-state index contributed by atoms with van der Waals surface area (Å²) in [7, 11) is 5.20. The van der Waals surface area contributed by atoms with Crippen LogP contribution in [-0.2, 0) is 11.3 Å². The number of aliphatic imine (C=N–C) groups is 1. The highest BCUT2D eigenvalue weighted by atomic mass is 16.5. The van der Waals surface area contributed by atoms with Crippen LogP contribution >= 0.6 is 0 Å². The third kappa shape index (κ3) is 6.73. The zero-order chi connectivity index (χ0) is 22.8. The molecule has 8 heteroatoms. The van der Waals surface area contributed by atoms with Crippen LogP contribution in [0, 0.1) is 0 Å². The molecular formula is C24H41N5O3. The van der Waals surface area contributed by atoms with Crippen molar-refractivity contribution in [2.75, 3.05) is 80.3 Å². The van der Waals surface area contributed by atoms with Crippen LogP contribution in [0.2, 0.25) is 0 Å². The van der Waals surface area contributed by atoms with Crippen molar-refractivity contribution in [3.8, 4) is 11.5 Å². The third-order valence-electron chi connectivity index (χ3n) is 6.42. The second-order valence-corrected chi connectivity index (χ2v) is 8.46.